The van der Waals surface area contributed by atoms with Crippen molar-refractivity contribution in [2.45, 2.75) is 33.4 Å². The monoisotopic (exact) mass is 284 g/mol. The third-order valence-electron chi connectivity index (χ3n) is 1.87. The Bertz CT molecular complexity index is 343. The van der Waals surface area contributed by atoms with Gasteiger partial charge in [-0.25, -0.2) is 0 Å². The molecular formula is C11H19F2O4P. The first-order valence-corrected chi connectivity index (χ1v) is 7.25. The Labute approximate surface area is 106 Å². The summed E-state index contributed by atoms with van der Waals surface area (Å²) in [6.45, 7) is 5.80. The molecule has 106 valence electrons. The minimum absolute atomic E-state index is 0.0664. The molecule has 0 aromatic rings. The quantitative estimate of drug-likeness (QED) is 0.504. The van der Waals surface area contributed by atoms with E-state index in [1.165, 1.54) is 19.9 Å². The lowest BCUT2D eigenvalue weighted by atomic mass is 10.2. The number of hydrogen-bond acceptors (Lipinski definition) is 4. The van der Waals surface area contributed by atoms with Crippen LogP contribution in [0.15, 0.2) is 12.2 Å². The lowest BCUT2D eigenvalue weighted by Crippen LogP contribution is -2.29. The van der Waals surface area contributed by atoms with Crippen LogP contribution in [-0.2, 0) is 18.4 Å². The zero-order valence-electron chi connectivity index (χ0n) is 11.0. The highest BCUT2D eigenvalue weighted by Crippen LogP contribution is 2.62. The molecule has 18 heavy (non-hydrogen) atoms. The molecule has 0 aliphatic rings. The third kappa shape index (κ3) is 4.26. The number of carbonyl (C=O) groups is 1. The van der Waals surface area contributed by atoms with Gasteiger partial charge in [0, 0.05) is 0 Å². The molecule has 0 aromatic heterocycles. The summed E-state index contributed by atoms with van der Waals surface area (Å²) in [6.07, 6.45) is 2.02. The van der Waals surface area contributed by atoms with E-state index in [1.807, 2.05) is 0 Å². The number of rotatable bonds is 8. The molecule has 0 atom stereocenters. The van der Waals surface area contributed by atoms with E-state index < -0.39 is 19.0 Å². The van der Waals surface area contributed by atoms with Gasteiger partial charge in [0.15, 0.2) is 0 Å². The van der Waals surface area contributed by atoms with E-state index in [9.17, 15) is 18.1 Å². The van der Waals surface area contributed by atoms with E-state index >= 15 is 0 Å². The first-order valence-electron chi connectivity index (χ1n) is 5.71. The Morgan fingerprint density at radius 2 is 1.72 bits per heavy atom. The number of carbonyl (C=O) groups excluding carboxylic acids is 1. The molecule has 0 saturated heterocycles. The molecule has 0 bridgehead atoms. The molecule has 4 nitrogen and oxygen atoms in total. The molecule has 0 heterocycles. The van der Waals surface area contributed by atoms with Crippen LogP contribution in [-0.4, -0.2) is 24.7 Å². The van der Waals surface area contributed by atoms with Crippen molar-refractivity contribution in [1.29, 1.82) is 0 Å². The van der Waals surface area contributed by atoms with Gasteiger partial charge in [0.25, 0.3) is 0 Å². The Hall–Kier alpha value is -0.580. The summed E-state index contributed by atoms with van der Waals surface area (Å²) < 4.78 is 48.4. The Morgan fingerprint density at radius 1 is 1.28 bits per heavy atom. The van der Waals surface area contributed by atoms with Crippen LogP contribution < -0.4 is 0 Å². The summed E-state index contributed by atoms with van der Waals surface area (Å²) >= 11 is 0. The van der Waals surface area contributed by atoms with Crippen LogP contribution >= 0.6 is 7.60 Å². The molecule has 7 heteroatoms. The molecule has 0 saturated carbocycles. The van der Waals surface area contributed by atoms with Crippen LogP contribution in [0.1, 0.15) is 27.7 Å². The van der Waals surface area contributed by atoms with E-state index in [2.05, 4.69) is 9.05 Å². The first-order chi connectivity index (χ1) is 8.21. The van der Waals surface area contributed by atoms with E-state index in [4.69, 9.17) is 0 Å². The average molecular weight is 284 g/mol. The van der Waals surface area contributed by atoms with Crippen molar-refractivity contribution in [2.24, 2.45) is 5.92 Å². The van der Waals surface area contributed by atoms with Gasteiger partial charge in [0.05, 0.1) is 13.2 Å². The van der Waals surface area contributed by atoms with E-state index in [0.717, 1.165) is 6.08 Å². The highest BCUT2D eigenvalue weighted by atomic mass is 31.2. The maximum Gasteiger partial charge on any atom is 0.408 e. The molecule has 0 aliphatic heterocycles. The SMILES string of the molecule is CCOP(=O)(OCC)C(F)(F)C(=O)/C=C/C(C)C. The van der Waals surface area contributed by atoms with Crippen molar-refractivity contribution >= 4 is 13.4 Å². The van der Waals surface area contributed by atoms with Crippen LogP contribution in [0.25, 0.3) is 0 Å². The smallest absolute Gasteiger partial charge is 0.304 e. The molecule has 0 unspecified atom stereocenters. The van der Waals surface area contributed by atoms with Crippen LogP contribution in [0, 0.1) is 5.92 Å². The summed E-state index contributed by atoms with van der Waals surface area (Å²) in [5, 5.41) is 0. The van der Waals surface area contributed by atoms with Gasteiger partial charge in [-0.15, -0.1) is 0 Å². The molecule has 0 radical (unpaired) electrons. The number of allylic oxidation sites excluding steroid dienone is 2. The number of halogens is 2. The van der Waals surface area contributed by atoms with Crippen LogP contribution in [0.4, 0.5) is 8.78 Å². The minimum atomic E-state index is -4.77. The topological polar surface area (TPSA) is 52.6 Å². The lowest BCUT2D eigenvalue weighted by Gasteiger charge is -2.23. The van der Waals surface area contributed by atoms with Gasteiger partial charge < -0.3 is 9.05 Å². The summed E-state index contributed by atoms with van der Waals surface area (Å²) in [7, 11) is -4.77. The normalized spacial score (nSPS) is 13.5. The molecule has 0 fully saturated rings. The van der Waals surface area contributed by atoms with Crippen LogP contribution in [0.3, 0.4) is 0 Å². The second-order valence-electron chi connectivity index (χ2n) is 3.84. The zero-order valence-corrected chi connectivity index (χ0v) is 11.9. The fraction of sp³-hybridized carbons (Fsp3) is 0.727. The second kappa shape index (κ2) is 7.12. The van der Waals surface area contributed by atoms with Crippen molar-refractivity contribution in [1.82, 2.24) is 0 Å². The highest BCUT2D eigenvalue weighted by molar-refractivity contribution is 7.56. The lowest BCUT2D eigenvalue weighted by molar-refractivity contribution is -0.130. The Morgan fingerprint density at radius 3 is 2.06 bits per heavy atom. The van der Waals surface area contributed by atoms with E-state index in [1.54, 1.807) is 13.8 Å². The number of alkyl halides is 2. The fourth-order valence-electron chi connectivity index (χ4n) is 1.05. The molecule has 0 spiro atoms. The van der Waals surface area contributed by atoms with Gasteiger partial charge in [-0.2, -0.15) is 8.78 Å². The van der Waals surface area contributed by atoms with Gasteiger partial charge in [0.2, 0.25) is 5.78 Å². The molecule has 0 aliphatic carbocycles. The highest BCUT2D eigenvalue weighted by Gasteiger charge is 2.58. The van der Waals surface area contributed by atoms with Crippen molar-refractivity contribution in [3.05, 3.63) is 12.2 Å². The van der Waals surface area contributed by atoms with E-state index in [-0.39, 0.29) is 19.1 Å². The maximum absolute atomic E-state index is 13.8. The summed E-state index contributed by atoms with van der Waals surface area (Å²) in [4.78, 5) is 11.4. The van der Waals surface area contributed by atoms with Crippen molar-refractivity contribution in [2.75, 3.05) is 13.2 Å². The van der Waals surface area contributed by atoms with Crippen LogP contribution in [0.5, 0.6) is 0 Å². The summed E-state index contributed by atoms with van der Waals surface area (Å²) in [5.41, 5.74) is -4.16. The third-order valence-corrected chi connectivity index (χ3v) is 3.98. The molecular weight excluding hydrogens is 265 g/mol. The van der Waals surface area contributed by atoms with Crippen LogP contribution in [0.2, 0.25) is 0 Å². The minimum Gasteiger partial charge on any atom is -0.304 e. The average Bonchev–Trinajstić information content (AvgIpc) is 2.26. The van der Waals surface area contributed by atoms with Gasteiger partial charge in [-0.3, -0.25) is 9.36 Å². The summed E-state index contributed by atoms with van der Waals surface area (Å²) in [6, 6.07) is 0. The molecule has 0 N–H and O–H groups in total. The van der Waals surface area contributed by atoms with Gasteiger partial charge in [-0.05, 0) is 25.8 Å². The standard InChI is InChI=1S/C11H19F2O4P/c1-5-16-18(15,17-6-2)11(12,13)10(14)8-7-9(3)4/h7-9H,5-6H2,1-4H3/b8-7+. The molecule has 0 aromatic carbocycles. The zero-order chi connectivity index (χ0) is 14.4. The fourth-order valence-corrected chi connectivity index (χ4v) is 2.48. The first kappa shape index (κ1) is 17.4. The van der Waals surface area contributed by atoms with Crippen molar-refractivity contribution < 1.29 is 27.2 Å². The second-order valence-corrected chi connectivity index (χ2v) is 5.91. The van der Waals surface area contributed by atoms with Gasteiger partial charge in [0.1, 0.15) is 0 Å². The predicted molar refractivity (Wildman–Crippen MR) is 64.8 cm³/mol. The summed E-state index contributed by atoms with van der Waals surface area (Å²) in [5.74, 6) is -1.63. The number of ketones is 1. The van der Waals surface area contributed by atoms with Crippen molar-refractivity contribution in [3.63, 3.8) is 0 Å². The van der Waals surface area contributed by atoms with Gasteiger partial charge >= 0.3 is 13.3 Å². The predicted octanol–water partition coefficient (Wildman–Crippen LogP) is 3.63. The largest absolute Gasteiger partial charge is 0.408 e. The number of hydrogen-bond donors (Lipinski definition) is 0. The Balaban J connectivity index is 5.17. The molecule has 0 amide bonds. The van der Waals surface area contributed by atoms with E-state index in [0.29, 0.717) is 0 Å². The van der Waals surface area contributed by atoms with Gasteiger partial charge in [-0.1, -0.05) is 19.9 Å². The maximum atomic E-state index is 13.8. The molecule has 0 rings (SSSR count). The van der Waals surface area contributed by atoms with Crippen molar-refractivity contribution in [3.8, 4) is 0 Å². The Kier molecular flexibility index (Phi) is 6.89.